The van der Waals surface area contributed by atoms with Gasteiger partial charge >= 0.3 is 5.97 Å². The summed E-state index contributed by atoms with van der Waals surface area (Å²) < 4.78 is 4.92. The van der Waals surface area contributed by atoms with Gasteiger partial charge in [-0.1, -0.05) is 23.3 Å². The quantitative estimate of drug-likeness (QED) is 0.272. The Morgan fingerprint density at radius 3 is 2.54 bits per heavy atom. The molecule has 0 aliphatic rings. The molecule has 0 bridgehead atoms. The van der Waals surface area contributed by atoms with Crippen LogP contribution in [0.25, 0.3) is 0 Å². The second kappa shape index (κ2) is 11.0. The number of hydrogen-bond donors (Lipinski definition) is 3. The Kier molecular flexibility index (Phi) is 8.98. The molecule has 1 rings (SSSR count). The number of allylic oxidation sites excluding steroid dienone is 3. The molecule has 0 unspecified atom stereocenters. The number of aromatic hydroxyl groups is 2. The van der Waals surface area contributed by atoms with Crippen LogP contribution >= 0.6 is 0 Å². The Hall–Kier alpha value is -2.76. The van der Waals surface area contributed by atoms with Crippen molar-refractivity contribution < 1.29 is 24.5 Å². The number of amides is 1. The molecule has 142 valence electrons. The Labute approximate surface area is 154 Å². The number of rotatable bonds is 9. The first-order valence-electron chi connectivity index (χ1n) is 8.52. The fraction of sp³-hybridized carbons (Fsp3) is 0.400. The van der Waals surface area contributed by atoms with Gasteiger partial charge in [0, 0.05) is 12.6 Å². The Bertz CT molecular complexity index is 687. The lowest BCUT2D eigenvalue weighted by atomic mass is 10.1. The van der Waals surface area contributed by atoms with Crippen molar-refractivity contribution in [2.45, 2.75) is 40.0 Å². The van der Waals surface area contributed by atoms with Crippen molar-refractivity contribution in [2.24, 2.45) is 0 Å². The molecule has 0 saturated heterocycles. The summed E-state index contributed by atoms with van der Waals surface area (Å²) in [6.45, 7) is 5.90. The van der Waals surface area contributed by atoms with E-state index in [0.29, 0.717) is 13.0 Å². The summed E-state index contributed by atoms with van der Waals surface area (Å²) in [5, 5.41) is 21.3. The lowest BCUT2D eigenvalue weighted by Gasteiger charge is -2.07. The maximum atomic E-state index is 11.7. The highest BCUT2D eigenvalue weighted by atomic mass is 16.5. The number of ether oxygens (including phenoxy) is 1. The van der Waals surface area contributed by atoms with Gasteiger partial charge < -0.3 is 20.3 Å². The highest BCUT2D eigenvalue weighted by molar-refractivity contribution is 5.86. The predicted octanol–water partition coefficient (Wildman–Crippen LogP) is 2.99. The minimum atomic E-state index is -0.529. The SMILES string of the molecule is CC(C)=CCC/C(C)=C/C(=O)OCC(=O)NCCc1ccc(O)c(O)c1. The highest BCUT2D eigenvalue weighted by Gasteiger charge is 2.06. The van der Waals surface area contributed by atoms with Crippen LogP contribution in [0, 0.1) is 0 Å². The van der Waals surface area contributed by atoms with Gasteiger partial charge in [0.1, 0.15) is 0 Å². The number of benzene rings is 1. The fourth-order valence-corrected chi connectivity index (χ4v) is 2.16. The summed E-state index contributed by atoms with van der Waals surface area (Å²) in [6.07, 6.45) is 5.63. The molecule has 1 aromatic carbocycles. The van der Waals surface area contributed by atoms with Crippen molar-refractivity contribution >= 4 is 11.9 Å². The first-order valence-corrected chi connectivity index (χ1v) is 8.52. The van der Waals surface area contributed by atoms with Crippen LogP contribution in [0.15, 0.2) is 41.5 Å². The molecule has 3 N–H and O–H groups in total. The number of hydrogen-bond acceptors (Lipinski definition) is 5. The van der Waals surface area contributed by atoms with E-state index >= 15 is 0 Å². The van der Waals surface area contributed by atoms with Crippen molar-refractivity contribution in [3.63, 3.8) is 0 Å². The van der Waals surface area contributed by atoms with Gasteiger partial charge in [0.2, 0.25) is 0 Å². The monoisotopic (exact) mass is 361 g/mol. The lowest BCUT2D eigenvalue weighted by Crippen LogP contribution is -2.30. The molecule has 26 heavy (non-hydrogen) atoms. The van der Waals surface area contributed by atoms with Crippen molar-refractivity contribution in [2.75, 3.05) is 13.2 Å². The van der Waals surface area contributed by atoms with Crippen LogP contribution in [0.4, 0.5) is 0 Å². The Morgan fingerprint density at radius 2 is 1.88 bits per heavy atom. The molecule has 1 aromatic rings. The molecule has 0 saturated carbocycles. The molecule has 6 nitrogen and oxygen atoms in total. The van der Waals surface area contributed by atoms with Crippen molar-refractivity contribution in [3.8, 4) is 11.5 Å². The van der Waals surface area contributed by atoms with E-state index in [4.69, 9.17) is 4.74 Å². The second-order valence-electron chi connectivity index (χ2n) is 6.34. The molecule has 0 spiro atoms. The van der Waals surface area contributed by atoms with E-state index in [1.165, 1.54) is 23.8 Å². The van der Waals surface area contributed by atoms with E-state index in [2.05, 4.69) is 11.4 Å². The van der Waals surface area contributed by atoms with Crippen LogP contribution in [-0.2, 0) is 20.7 Å². The van der Waals surface area contributed by atoms with E-state index in [9.17, 15) is 19.8 Å². The lowest BCUT2D eigenvalue weighted by molar-refractivity contribution is -0.143. The average molecular weight is 361 g/mol. The van der Waals surface area contributed by atoms with Gasteiger partial charge in [-0.15, -0.1) is 0 Å². The summed E-state index contributed by atoms with van der Waals surface area (Å²) in [7, 11) is 0. The topological polar surface area (TPSA) is 95.9 Å². The van der Waals surface area contributed by atoms with Crippen molar-refractivity contribution in [1.29, 1.82) is 0 Å². The van der Waals surface area contributed by atoms with Gasteiger partial charge in [-0.25, -0.2) is 4.79 Å². The molecule has 0 aliphatic carbocycles. The number of nitrogens with one attached hydrogen (secondary N) is 1. The largest absolute Gasteiger partial charge is 0.504 e. The third kappa shape index (κ3) is 8.92. The Morgan fingerprint density at radius 1 is 1.15 bits per heavy atom. The summed E-state index contributed by atoms with van der Waals surface area (Å²) in [5.41, 5.74) is 2.91. The zero-order valence-corrected chi connectivity index (χ0v) is 15.5. The molecule has 0 atom stereocenters. The number of carbonyl (C=O) groups excluding carboxylic acids is 2. The van der Waals surface area contributed by atoms with E-state index in [-0.39, 0.29) is 18.1 Å². The van der Waals surface area contributed by atoms with Crippen LogP contribution in [-0.4, -0.2) is 35.2 Å². The number of carbonyl (C=O) groups is 2. The summed E-state index contributed by atoms with van der Waals surface area (Å²) >= 11 is 0. The minimum absolute atomic E-state index is 0.186. The molecule has 0 aromatic heterocycles. The molecule has 6 heteroatoms. The van der Waals surface area contributed by atoms with E-state index in [1.54, 1.807) is 6.07 Å². The van der Waals surface area contributed by atoms with E-state index < -0.39 is 11.9 Å². The number of phenols is 2. The molecule has 1 amide bonds. The van der Waals surface area contributed by atoms with Crippen LogP contribution in [0.2, 0.25) is 0 Å². The van der Waals surface area contributed by atoms with Gasteiger partial charge in [-0.05, 0) is 57.7 Å². The molecule has 0 aliphatic heterocycles. The summed E-state index contributed by atoms with van der Waals surface area (Å²) in [5.74, 6) is -1.31. The second-order valence-corrected chi connectivity index (χ2v) is 6.34. The smallest absolute Gasteiger partial charge is 0.331 e. The first-order chi connectivity index (χ1) is 12.3. The molecular formula is C20H27NO5. The minimum Gasteiger partial charge on any atom is -0.504 e. The van der Waals surface area contributed by atoms with Gasteiger partial charge in [0.25, 0.3) is 5.91 Å². The highest BCUT2D eigenvalue weighted by Crippen LogP contribution is 2.24. The maximum absolute atomic E-state index is 11.7. The molecule has 0 radical (unpaired) electrons. The zero-order chi connectivity index (χ0) is 19.5. The van der Waals surface area contributed by atoms with Crippen LogP contribution in [0.1, 0.15) is 39.2 Å². The third-order valence-electron chi connectivity index (χ3n) is 3.58. The molecule has 0 heterocycles. The van der Waals surface area contributed by atoms with Crippen molar-refractivity contribution in [3.05, 3.63) is 47.1 Å². The van der Waals surface area contributed by atoms with Gasteiger partial charge in [-0.3, -0.25) is 4.79 Å². The number of phenolic OH excluding ortho intramolecular Hbond substituents is 2. The Balaban J connectivity index is 2.27. The fourth-order valence-electron chi connectivity index (χ4n) is 2.16. The summed E-state index contributed by atoms with van der Waals surface area (Å²) in [4.78, 5) is 23.4. The third-order valence-corrected chi connectivity index (χ3v) is 3.58. The predicted molar refractivity (Wildman–Crippen MR) is 99.9 cm³/mol. The van der Waals surface area contributed by atoms with Crippen LogP contribution in [0.3, 0.4) is 0 Å². The average Bonchev–Trinajstić information content (AvgIpc) is 2.56. The van der Waals surface area contributed by atoms with Crippen LogP contribution in [0.5, 0.6) is 11.5 Å². The molecular weight excluding hydrogens is 334 g/mol. The normalized spacial score (nSPS) is 11.0. The number of esters is 1. The standard InChI is InChI=1S/C20H27NO5/c1-14(2)5-4-6-15(3)11-20(25)26-13-19(24)21-10-9-16-7-8-17(22)18(23)12-16/h5,7-8,11-12,22-23H,4,6,9-10,13H2,1-3H3,(H,21,24)/b15-11+. The molecule has 0 fully saturated rings. The summed E-state index contributed by atoms with van der Waals surface area (Å²) in [6, 6.07) is 4.48. The van der Waals surface area contributed by atoms with Crippen LogP contribution < -0.4 is 5.32 Å². The van der Waals surface area contributed by atoms with Gasteiger partial charge in [-0.2, -0.15) is 0 Å². The maximum Gasteiger partial charge on any atom is 0.331 e. The van der Waals surface area contributed by atoms with E-state index in [1.807, 2.05) is 20.8 Å². The zero-order valence-electron chi connectivity index (χ0n) is 15.5. The van der Waals surface area contributed by atoms with Gasteiger partial charge in [0.05, 0.1) is 0 Å². The first kappa shape index (κ1) is 21.3. The van der Waals surface area contributed by atoms with Gasteiger partial charge in [0.15, 0.2) is 18.1 Å². The van der Waals surface area contributed by atoms with Crippen molar-refractivity contribution in [1.82, 2.24) is 5.32 Å². The van der Waals surface area contributed by atoms with E-state index in [0.717, 1.165) is 24.0 Å².